The van der Waals surface area contributed by atoms with Crippen LogP contribution in [0.3, 0.4) is 0 Å². The fraction of sp³-hybridized carbons (Fsp3) is 0.692. The summed E-state index contributed by atoms with van der Waals surface area (Å²) in [5, 5.41) is 7.02. The monoisotopic (exact) mass is 232 g/mol. The summed E-state index contributed by atoms with van der Waals surface area (Å²) in [6.07, 6.45) is 6.00. The van der Waals surface area contributed by atoms with Crippen LogP contribution in [-0.2, 0) is 12.8 Å². The van der Waals surface area contributed by atoms with Crippen molar-refractivity contribution < 1.29 is 0 Å². The van der Waals surface area contributed by atoms with Crippen LogP contribution < -0.4 is 10.6 Å². The largest absolute Gasteiger partial charge is 0.367 e. The van der Waals surface area contributed by atoms with Crippen LogP contribution in [0, 0.1) is 6.92 Å². The predicted octanol–water partition coefficient (Wildman–Crippen LogP) is 1.44. The molecule has 4 heteroatoms. The molecule has 1 aromatic rings. The van der Waals surface area contributed by atoms with Crippen molar-refractivity contribution in [3.05, 3.63) is 17.1 Å². The van der Waals surface area contributed by atoms with Crippen LogP contribution in [0.5, 0.6) is 0 Å². The van der Waals surface area contributed by atoms with Gasteiger partial charge in [-0.2, -0.15) is 0 Å². The lowest BCUT2D eigenvalue weighted by Gasteiger charge is -2.28. The van der Waals surface area contributed by atoms with Crippen molar-refractivity contribution >= 4 is 5.82 Å². The molecule has 4 nitrogen and oxygen atoms in total. The Morgan fingerprint density at radius 1 is 1.18 bits per heavy atom. The summed E-state index contributed by atoms with van der Waals surface area (Å²) in [4.78, 5) is 9.19. The predicted molar refractivity (Wildman–Crippen MR) is 68.3 cm³/mol. The summed E-state index contributed by atoms with van der Waals surface area (Å²) in [5.41, 5.74) is 2.58. The molecule has 1 aliphatic heterocycles. The smallest absolute Gasteiger partial charge is 0.133 e. The van der Waals surface area contributed by atoms with Gasteiger partial charge in [0, 0.05) is 24.6 Å². The molecular weight excluding hydrogens is 212 g/mol. The van der Waals surface area contributed by atoms with E-state index in [1.165, 1.54) is 30.5 Å². The van der Waals surface area contributed by atoms with E-state index in [1.54, 1.807) is 0 Å². The minimum Gasteiger partial charge on any atom is -0.367 e. The average Bonchev–Trinajstić information content (AvgIpc) is 2.48. The number of fused-ring (bicyclic) bond motifs is 1. The molecule has 1 saturated carbocycles. The van der Waals surface area contributed by atoms with Crippen molar-refractivity contribution in [1.82, 2.24) is 15.3 Å². The zero-order valence-electron chi connectivity index (χ0n) is 10.4. The fourth-order valence-corrected chi connectivity index (χ4v) is 2.53. The van der Waals surface area contributed by atoms with Gasteiger partial charge in [-0.3, -0.25) is 0 Å². The van der Waals surface area contributed by atoms with E-state index in [1.807, 2.05) is 6.92 Å². The highest BCUT2D eigenvalue weighted by Gasteiger charge is 2.21. The normalized spacial score (nSPS) is 20.3. The molecule has 0 aromatic carbocycles. The minimum atomic E-state index is 0.643. The lowest BCUT2D eigenvalue weighted by Crippen LogP contribution is -2.28. The van der Waals surface area contributed by atoms with Gasteiger partial charge in [-0.15, -0.1) is 0 Å². The molecule has 2 N–H and O–H groups in total. The zero-order chi connectivity index (χ0) is 11.7. The molecule has 3 rings (SSSR count). The Balaban J connectivity index is 1.91. The Kier molecular flexibility index (Phi) is 2.97. The molecule has 0 amide bonds. The zero-order valence-corrected chi connectivity index (χ0v) is 10.4. The Morgan fingerprint density at radius 2 is 2.00 bits per heavy atom. The number of hydrogen-bond donors (Lipinski definition) is 2. The van der Waals surface area contributed by atoms with Crippen molar-refractivity contribution in [2.24, 2.45) is 0 Å². The number of rotatable bonds is 2. The number of aromatic nitrogens is 2. The van der Waals surface area contributed by atoms with Gasteiger partial charge in [-0.05, 0) is 39.2 Å². The molecule has 0 radical (unpaired) electrons. The third kappa shape index (κ3) is 2.27. The Hall–Kier alpha value is -1.16. The fourth-order valence-electron chi connectivity index (χ4n) is 2.53. The topological polar surface area (TPSA) is 49.8 Å². The molecule has 2 heterocycles. The first-order valence-corrected chi connectivity index (χ1v) is 6.66. The van der Waals surface area contributed by atoms with Gasteiger partial charge in [0.1, 0.15) is 11.6 Å². The first-order chi connectivity index (χ1) is 8.33. The second-order valence-corrected chi connectivity index (χ2v) is 5.07. The lowest BCUT2D eigenvalue weighted by molar-refractivity contribution is 0.444. The second-order valence-electron chi connectivity index (χ2n) is 5.07. The second kappa shape index (κ2) is 4.61. The maximum absolute atomic E-state index is 4.60. The van der Waals surface area contributed by atoms with Gasteiger partial charge in [-0.25, -0.2) is 9.97 Å². The molecule has 0 atom stereocenters. The third-order valence-electron chi connectivity index (χ3n) is 3.74. The highest BCUT2D eigenvalue weighted by molar-refractivity contribution is 5.48. The van der Waals surface area contributed by atoms with Crippen LogP contribution in [0.1, 0.15) is 36.3 Å². The third-order valence-corrected chi connectivity index (χ3v) is 3.74. The average molecular weight is 232 g/mol. The number of anilines is 1. The molecule has 1 fully saturated rings. The maximum atomic E-state index is 4.60. The van der Waals surface area contributed by atoms with Gasteiger partial charge < -0.3 is 10.6 Å². The summed E-state index contributed by atoms with van der Waals surface area (Å²) in [6.45, 7) is 4.07. The molecule has 92 valence electrons. The molecule has 0 bridgehead atoms. The molecule has 1 aliphatic carbocycles. The standard InChI is InChI=1S/C13H20N4/c1-9-15-12-6-8-14-7-5-11(12)13(16-9)17-10-3-2-4-10/h10,14H,2-8H2,1H3,(H,15,16,17). The highest BCUT2D eigenvalue weighted by Crippen LogP contribution is 2.26. The Bertz CT molecular complexity index is 412. The molecule has 0 spiro atoms. The van der Waals surface area contributed by atoms with Crippen molar-refractivity contribution in [2.45, 2.75) is 45.1 Å². The number of nitrogens with one attached hydrogen (secondary N) is 2. The number of nitrogens with zero attached hydrogens (tertiary/aromatic N) is 2. The lowest BCUT2D eigenvalue weighted by atomic mass is 9.93. The van der Waals surface area contributed by atoms with Gasteiger partial charge >= 0.3 is 0 Å². The van der Waals surface area contributed by atoms with E-state index < -0.39 is 0 Å². The molecule has 0 saturated heterocycles. The van der Waals surface area contributed by atoms with E-state index in [2.05, 4.69) is 20.6 Å². The number of aryl methyl sites for hydroxylation is 1. The maximum Gasteiger partial charge on any atom is 0.133 e. The van der Waals surface area contributed by atoms with Gasteiger partial charge in [0.2, 0.25) is 0 Å². The first kappa shape index (κ1) is 11.0. The summed E-state index contributed by atoms with van der Waals surface area (Å²) in [7, 11) is 0. The van der Waals surface area contributed by atoms with Crippen molar-refractivity contribution in [3.8, 4) is 0 Å². The summed E-state index contributed by atoms with van der Waals surface area (Å²) < 4.78 is 0. The van der Waals surface area contributed by atoms with E-state index >= 15 is 0 Å². The van der Waals surface area contributed by atoms with Crippen LogP contribution in [0.15, 0.2) is 0 Å². The van der Waals surface area contributed by atoms with Crippen LogP contribution in [0.4, 0.5) is 5.82 Å². The van der Waals surface area contributed by atoms with Crippen LogP contribution >= 0.6 is 0 Å². The highest BCUT2D eigenvalue weighted by atomic mass is 15.1. The molecular formula is C13H20N4. The Labute approximate surface area is 102 Å². The molecule has 2 aliphatic rings. The van der Waals surface area contributed by atoms with Gasteiger partial charge in [-0.1, -0.05) is 0 Å². The number of hydrogen-bond acceptors (Lipinski definition) is 4. The van der Waals surface area contributed by atoms with E-state index in [0.717, 1.165) is 37.6 Å². The van der Waals surface area contributed by atoms with Crippen molar-refractivity contribution in [2.75, 3.05) is 18.4 Å². The first-order valence-electron chi connectivity index (χ1n) is 6.66. The SMILES string of the molecule is Cc1nc2c(c(NC3CCC3)n1)CCNCC2. The summed E-state index contributed by atoms with van der Waals surface area (Å²) in [5.74, 6) is 1.99. The van der Waals surface area contributed by atoms with Crippen LogP contribution in [0.2, 0.25) is 0 Å². The van der Waals surface area contributed by atoms with E-state index in [4.69, 9.17) is 0 Å². The van der Waals surface area contributed by atoms with Crippen LogP contribution in [0.25, 0.3) is 0 Å². The van der Waals surface area contributed by atoms with E-state index in [9.17, 15) is 0 Å². The molecule has 1 aromatic heterocycles. The summed E-state index contributed by atoms with van der Waals surface area (Å²) >= 11 is 0. The molecule has 17 heavy (non-hydrogen) atoms. The molecule has 0 unspecified atom stereocenters. The quantitative estimate of drug-likeness (QED) is 0.810. The van der Waals surface area contributed by atoms with Gasteiger partial charge in [0.25, 0.3) is 0 Å². The minimum absolute atomic E-state index is 0.643. The van der Waals surface area contributed by atoms with Crippen LogP contribution in [-0.4, -0.2) is 29.1 Å². The summed E-state index contributed by atoms with van der Waals surface area (Å²) in [6, 6.07) is 0.643. The van der Waals surface area contributed by atoms with Crippen molar-refractivity contribution in [1.29, 1.82) is 0 Å². The van der Waals surface area contributed by atoms with Crippen molar-refractivity contribution in [3.63, 3.8) is 0 Å². The van der Waals surface area contributed by atoms with Gasteiger partial charge in [0.15, 0.2) is 0 Å². The van der Waals surface area contributed by atoms with E-state index in [-0.39, 0.29) is 0 Å². The van der Waals surface area contributed by atoms with Gasteiger partial charge in [0.05, 0.1) is 5.69 Å². The Morgan fingerprint density at radius 3 is 2.76 bits per heavy atom. The van der Waals surface area contributed by atoms with E-state index in [0.29, 0.717) is 6.04 Å².